The lowest BCUT2D eigenvalue weighted by Crippen LogP contribution is -2.25. The summed E-state index contributed by atoms with van der Waals surface area (Å²) in [6, 6.07) is 0.0795. The molecule has 2 atom stereocenters. The normalized spacial score (nSPS) is 30.6. The second-order valence-corrected chi connectivity index (χ2v) is 6.41. The minimum absolute atomic E-state index is 0.0795. The Bertz CT molecular complexity index is 284. The quantitative estimate of drug-likeness (QED) is 0.321. The van der Waals surface area contributed by atoms with Crippen LogP contribution in [0.5, 0.6) is 0 Å². The van der Waals surface area contributed by atoms with E-state index in [-0.39, 0.29) is 12.1 Å². The van der Waals surface area contributed by atoms with Crippen LogP contribution in [0.15, 0.2) is 11.9 Å². The minimum atomic E-state index is -4.06. The van der Waals surface area contributed by atoms with Gasteiger partial charge in [0.2, 0.25) is 0 Å². The average Bonchev–Trinajstić information content (AvgIpc) is 2.22. The number of hydrogen-bond donors (Lipinski definition) is 2. The molecule has 0 aromatic rings. The molecule has 0 bridgehead atoms. The predicted octanol–water partition coefficient (Wildman–Crippen LogP) is 0.0779. The summed E-state index contributed by atoms with van der Waals surface area (Å²) in [5.74, 6) is 0.924. The molecule has 0 radical (unpaired) electrons. The number of rotatable bonds is 2. The van der Waals surface area contributed by atoms with Crippen molar-refractivity contribution in [2.75, 3.05) is 13.1 Å². The first-order valence-corrected chi connectivity index (χ1v) is 7.32. The van der Waals surface area contributed by atoms with Gasteiger partial charge in [0, 0.05) is 47.8 Å². The smallest absolute Gasteiger partial charge is 0.348 e. The molecule has 1 saturated heterocycles. The molecule has 2 unspecified atom stereocenters. The van der Waals surface area contributed by atoms with Crippen molar-refractivity contribution in [3.63, 3.8) is 0 Å². The predicted molar refractivity (Wildman–Crippen MR) is 68.6 cm³/mol. The molecule has 0 aromatic carbocycles. The van der Waals surface area contributed by atoms with E-state index in [1.165, 1.54) is 6.08 Å². The molecule has 5 nitrogen and oxygen atoms in total. The lowest BCUT2D eigenvalue weighted by molar-refractivity contribution is 0.0704. The summed E-state index contributed by atoms with van der Waals surface area (Å²) in [5, 5.41) is 0. The molecule has 1 aliphatic heterocycles. The van der Waals surface area contributed by atoms with Crippen LogP contribution in [-0.4, -0.2) is 45.9 Å². The number of halogens is 1. The van der Waals surface area contributed by atoms with E-state index in [2.05, 4.69) is 26.0 Å². The van der Waals surface area contributed by atoms with Gasteiger partial charge in [0.25, 0.3) is 0 Å². The van der Waals surface area contributed by atoms with Crippen molar-refractivity contribution in [3.05, 3.63) is 11.9 Å². The van der Waals surface area contributed by atoms with E-state index in [0.29, 0.717) is 0 Å². The first-order valence-electron chi connectivity index (χ1n) is 4.67. The van der Waals surface area contributed by atoms with Gasteiger partial charge >= 0.3 is 7.60 Å². The van der Waals surface area contributed by atoms with Crippen molar-refractivity contribution in [1.29, 1.82) is 0 Å². The Morgan fingerprint density at radius 1 is 1.60 bits per heavy atom. The Hall–Kier alpha value is 0.605. The van der Waals surface area contributed by atoms with E-state index in [1.807, 2.05) is 7.85 Å². The zero-order valence-corrected chi connectivity index (χ0v) is 11.5. The first kappa shape index (κ1) is 13.7. The largest absolute Gasteiger partial charge is 0.379 e. The zero-order chi connectivity index (χ0) is 11.5. The molecule has 0 spiro atoms. The third-order valence-corrected chi connectivity index (χ3v) is 3.45. The Balaban J connectivity index is 2.55. The third-order valence-electron chi connectivity index (χ3n) is 2.01. The van der Waals surface area contributed by atoms with Crippen molar-refractivity contribution in [2.24, 2.45) is 0 Å². The monoisotopic (exact) mass is 345 g/mol. The van der Waals surface area contributed by atoms with E-state index in [1.54, 1.807) is 0 Å². The molecule has 1 aliphatic rings. The molecule has 86 valence electrons. The lowest BCUT2D eigenvalue weighted by Gasteiger charge is -2.15. The highest BCUT2D eigenvalue weighted by Crippen LogP contribution is 2.36. The van der Waals surface area contributed by atoms with Gasteiger partial charge in [-0.1, -0.05) is 0 Å². The highest BCUT2D eigenvalue weighted by molar-refractivity contribution is 14.1. The van der Waals surface area contributed by atoms with E-state index in [0.717, 1.165) is 25.3 Å². The van der Waals surface area contributed by atoms with Crippen LogP contribution >= 0.6 is 30.5 Å². The maximum Gasteiger partial charge on any atom is 0.348 e. The average molecular weight is 345 g/mol. The van der Waals surface area contributed by atoms with Gasteiger partial charge in [-0.3, -0.25) is 4.57 Å². The third kappa shape index (κ3) is 6.04. The van der Waals surface area contributed by atoms with Crippen molar-refractivity contribution < 1.29 is 19.1 Å². The van der Waals surface area contributed by atoms with Gasteiger partial charge in [0.15, 0.2) is 0 Å². The van der Waals surface area contributed by atoms with Gasteiger partial charge in [-0.15, -0.1) is 0 Å². The van der Waals surface area contributed by atoms with Crippen LogP contribution in [0.1, 0.15) is 6.42 Å². The summed E-state index contributed by atoms with van der Waals surface area (Å²) in [5.41, 5.74) is 0. The van der Waals surface area contributed by atoms with Crippen molar-refractivity contribution >= 4 is 38.3 Å². The fourth-order valence-electron chi connectivity index (χ4n) is 1.40. The molecular formula is C7H14BINO4P. The number of nitrogens with zero attached hydrogens (tertiary/aromatic N) is 1. The van der Waals surface area contributed by atoms with E-state index in [9.17, 15) is 4.57 Å². The van der Waals surface area contributed by atoms with Gasteiger partial charge in [0.05, 0.1) is 6.10 Å². The maximum atomic E-state index is 10.6. The lowest BCUT2D eigenvalue weighted by atomic mass is 10.0. The Kier molecular flexibility index (Phi) is 5.28. The summed E-state index contributed by atoms with van der Waals surface area (Å²) >= 11 is 2.23. The molecule has 0 aliphatic carbocycles. The molecule has 2 N–H and O–H groups in total. The molecule has 0 aromatic heterocycles. The molecule has 0 amide bonds. The van der Waals surface area contributed by atoms with E-state index < -0.39 is 7.60 Å². The SMILES string of the molecule is BC1CN(I)CCC(/C=C/P(=O)(O)O)O1. The van der Waals surface area contributed by atoms with Crippen molar-refractivity contribution in [3.8, 4) is 0 Å². The van der Waals surface area contributed by atoms with Gasteiger partial charge in [-0.2, -0.15) is 0 Å². The maximum absolute atomic E-state index is 10.6. The molecular weight excluding hydrogens is 331 g/mol. The minimum Gasteiger partial charge on any atom is -0.379 e. The summed E-state index contributed by atoms with van der Waals surface area (Å²) < 4.78 is 18.4. The summed E-state index contributed by atoms with van der Waals surface area (Å²) in [6.45, 7) is 1.70. The van der Waals surface area contributed by atoms with Crippen molar-refractivity contribution in [2.45, 2.75) is 18.5 Å². The standard InChI is InChI=1S/C7H14BINO4P/c8-7-5-10(9)3-1-6(14-7)2-4-15(11,12)13/h2,4,6-7H,1,3,5,8H2,(H2,11,12,13)/b4-2+. The Morgan fingerprint density at radius 2 is 2.27 bits per heavy atom. The Labute approximate surface area is 104 Å². The topological polar surface area (TPSA) is 70.0 Å². The zero-order valence-electron chi connectivity index (χ0n) is 8.41. The molecule has 0 saturated carbocycles. The molecule has 1 rings (SSSR count). The molecule has 1 fully saturated rings. The molecule has 1 heterocycles. The second-order valence-electron chi connectivity index (χ2n) is 3.57. The Morgan fingerprint density at radius 3 is 2.87 bits per heavy atom. The van der Waals surface area contributed by atoms with Crippen LogP contribution in [0.4, 0.5) is 0 Å². The van der Waals surface area contributed by atoms with E-state index >= 15 is 0 Å². The van der Waals surface area contributed by atoms with Crippen LogP contribution in [-0.2, 0) is 9.30 Å². The first-order chi connectivity index (χ1) is 6.87. The fourth-order valence-corrected chi connectivity index (χ4v) is 2.65. The van der Waals surface area contributed by atoms with Gasteiger partial charge < -0.3 is 14.5 Å². The number of hydrogen-bond acceptors (Lipinski definition) is 3. The second kappa shape index (κ2) is 5.79. The van der Waals surface area contributed by atoms with Crippen LogP contribution < -0.4 is 0 Å². The van der Waals surface area contributed by atoms with Gasteiger partial charge in [0.1, 0.15) is 7.85 Å². The molecule has 8 heteroatoms. The van der Waals surface area contributed by atoms with Crippen LogP contribution in [0, 0.1) is 0 Å². The summed E-state index contributed by atoms with van der Waals surface area (Å²) in [7, 11) is -2.10. The van der Waals surface area contributed by atoms with Crippen LogP contribution in [0.25, 0.3) is 0 Å². The van der Waals surface area contributed by atoms with Crippen LogP contribution in [0.2, 0.25) is 0 Å². The summed E-state index contributed by atoms with van der Waals surface area (Å²) in [4.78, 5) is 17.4. The van der Waals surface area contributed by atoms with Crippen LogP contribution in [0.3, 0.4) is 0 Å². The van der Waals surface area contributed by atoms with Gasteiger partial charge in [-0.25, -0.2) is 3.11 Å². The fraction of sp³-hybridized carbons (Fsp3) is 0.714. The number of ether oxygens (including phenoxy) is 1. The highest BCUT2D eigenvalue weighted by atomic mass is 127. The van der Waals surface area contributed by atoms with Gasteiger partial charge in [-0.05, 0) is 12.5 Å². The molecule has 15 heavy (non-hydrogen) atoms. The summed E-state index contributed by atoms with van der Waals surface area (Å²) in [6.07, 6.45) is 2.02. The highest BCUT2D eigenvalue weighted by Gasteiger charge is 2.19. The van der Waals surface area contributed by atoms with Crippen molar-refractivity contribution in [1.82, 2.24) is 3.11 Å². The van der Waals surface area contributed by atoms with E-state index in [4.69, 9.17) is 14.5 Å².